The third-order valence-corrected chi connectivity index (χ3v) is 5.11. The number of fused-ring (bicyclic) bond motifs is 1. The number of carbonyl (C=O) groups excluding carboxylic acids is 1. The van der Waals surface area contributed by atoms with Crippen molar-refractivity contribution in [2.24, 2.45) is 7.05 Å². The van der Waals surface area contributed by atoms with E-state index < -0.39 is 0 Å². The summed E-state index contributed by atoms with van der Waals surface area (Å²) in [5.41, 5.74) is 5.55. The molecule has 0 atom stereocenters. The summed E-state index contributed by atoms with van der Waals surface area (Å²) in [5, 5.41) is 8.05. The highest BCUT2D eigenvalue weighted by Crippen LogP contribution is 2.27. The number of pyridine rings is 2. The van der Waals surface area contributed by atoms with Gasteiger partial charge in [-0.25, -0.2) is 9.97 Å². The van der Waals surface area contributed by atoms with Crippen LogP contribution in [0.25, 0.3) is 11.0 Å². The third-order valence-electron chi connectivity index (χ3n) is 5.11. The lowest BCUT2D eigenvalue weighted by molar-refractivity contribution is 0.102. The summed E-state index contributed by atoms with van der Waals surface area (Å²) in [4.78, 5) is 21.8. The summed E-state index contributed by atoms with van der Waals surface area (Å²) < 4.78 is 7.57. The van der Waals surface area contributed by atoms with Crippen molar-refractivity contribution in [1.82, 2.24) is 19.7 Å². The number of aromatic nitrogens is 4. The van der Waals surface area contributed by atoms with E-state index in [2.05, 4.69) is 20.4 Å². The van der Waals surface area contributed by atoms with Crippen molar-refractivity contribution in [2.75, 3.05) is 5.32 Å². The number of nitrogens with one attached hydrogen (secondary N) is 1. The highest BCUT2D eigenvalue weighted by Gasteiger charge is 2.18. The van der Waals surface area contributed by atoms with Gasteiger partial charge >= 0.3 is 0 Å². The largest absolute Gasteiger partial charge is 0.439 e. The van der Waals surface area contributed by atoms with E-state index in [4.69, 9.17) is 4.74 Å². The molecule has 1 N–H and O–H groups in total. The zero-order valence-corrected chi connectivity index (χ0v) is 17.6. The Kier molecular flexibility index (Phi) is 4.95. The number of anilines is 1. The van der Waals surface area contributed by atoms with Gasteiger partial charge < -0.3 is 10.1 Å². The van der Waals surface area contributed by atoms with Crippen LogP contribution in [0.15, 0.2) is 42.6 Å². The van der Waals surface area contributed by atoms with Crippen LogP contribution in [0.4, 0.5) is 5.69 Å². The van der Waals surface area contributed by atoms with Crippen molar-refractivity contribution in [1.29, 1.82) is 0 Å². The fraction of sp³-hybridized carbons (Fsp3) is 0.217. The van der Waals surface area contributed by atoms with E-state index in [-0.39, 0.29) is 5.91 Å². The molecule has 0 saturated carbocycles. The molecule has 1 aromatic carbocycles. The lowest BCUT2D eigenvalue weighted by Crippen LogP contribution is -2.13. The molecule has 0 aliphatic rings. The maximum atomic E-state index is 13.0. The SMILES string of the molecule is Cc1cc(C(=O)Nc2ccc(Oc3cccc(C)c3C)nc2)c2c(C)nn(C)c2n1. The van der Waals surface area contributed by atoms with Crippen LogP contribution >= 0.6 is 0 Å². The summed E-state index contributed by atoms with van der Waals surface area (Å²) in [6.45, 7) is 7.78. The van der Waals surface area contributed by atoms with Crippen molar-refractivity contribution < 1.29 is 9.53 Å². The Hall–Kier alpha value is -3.74. The molecule has 7 heteroatoms. The fourth-order valence-corrected chi connectivity index (χ4v) is 3.41. The molecule has 4 aromatic rings. The minimum atomic E-state index is -0.230. The van der Waals surface area contributed by atoms with E-state index in [1.807, 2.05) is 52.9 Å². The summed E-state index contributed by atoms with van der Waals surface area (Å²) in [5.74, 6) is 1.000. The molecule has 0 bridgehead atoms. The van der Waals surface area contributed by atoms with Gasteiger partial charge in [-0.05, 0) is 57.0 Å². The van der Waals surface area contributed by atoms with E-state index in [1.165, 1.54) is 0 Å². The molecule has 0 fully saturated rings. The molecular weight excluding hydrogens is 378 g/mol. The van der Waals surface area contributed by atoms with Crippen LogP contribution in [0, 0.1) is 27.7 Å². The maximum Gasteiger partial charge on any atom is 0.256 e. The van der Waals surface area contributed by atoms with Gasteiger partial charge in [-0.15, -0.1) is 0 Å². The highest BCUT2D eigenvalue weighted by molar-refractivity contribution is 6.12. The number of benzene rings is 1. The van der Waals surface area contributed by atoms with Gasteiger partial charge in [0.15, 0.2) is 5.65 Å². The molecule has 3 heterocycles. The van der Waals surface area contributed by atoms with Crippen LogP contribution in [-0.4, -0.2) is 25.7 Å². The zero-order valence-electron chi connectivity index (χ0n) is 17.6. The van der Waals surface area contributed by atoms with Gasteiger partial charge in [-0.2, -0.15) is 5.10 Å². The van der Waals surface area contributed by atoms with Crippen molar-refractivity contribution in [3.8, 4) is 11.6 Å². The second kappa shape index (κ2) is 7.59. The maximum absolute atomic E-state index is 13.0. The fourth-order valence-electron chi connectivity index (χ4n) is 3.41. The Bertz CT molecular complexity index is 1260. The van der Waals surface area contributed by atoms with Gasteiger partial charge in [0, 0.05) is 18.8 Å². The quantitative estimate of drug-likeness (QED) is 0.539. The van der Waals surface area contributed by atoms with Crippen LogP contribution < -0.4 is 10.1 Å². The monoisotopic (exact) mass is 401 g/mol. The molecule has 0 saturated heterocycles. The molecule has 3 aromatic heterocycles. The molecule has 0 aliphatic carbocycles. The van der Waals surface area contributed by atoms with Crippen LogP contribution in [0.5, 0.6) is 11.6 Å². The smallest absolute Gasteiger partial charge is 0.256 e. The minimum absolute atomic E-state index is 0.230. The predicted molar refractivity (Wildman–Crippen MR) is 116 cm³/mol. The van der Waals surface area contributed by atoms with Crippen molar-refractivity contribution in [3.63, 3.8) is 0 Å². The second-order valence-corrected chi connectivity index (χ2v) is 7.36. The first-order chi connectivity index (χ1) is 14.3. The van der Waals surface area contributed by atoms with Crippen LogP contribution in [0.2, 0.25) is 0 Å². The van der Waals surface area contributed by atoms with E-state index in [1.54, 1.807) is 29.1 Å². The van der Waals surface area contributed by atoms with Gasteiger partial charge in [0.25, 0.3) is 5.91 Å². The summed E-state index contributed by atoms with van der Waals surface area (Å²) >= 11 is 0. The van der Waals surface area contributed by atoms with Gasteiger partial charge in [0.05, 0.1) is 28.5 Å². The normalized spacial score (nSPS) is 11.0. The number of nitrogens with zero attached hydrogens (tertiary/aromatic N) is 4. The Morgan fingerprint density at radius 1 is 1.10 bits per heavy atom. The second-order valence-electron chi connectivity index (χ2n) is 7.36. The Morgan fingerprint density at radius 3 is 2.63 bits per heavy atom. The van der Waals surface area contributed by atoms with E-state index >= 15 is 0 Å². The lowest BCUT2D eigenvalue weighted by Gasteiger charge is -2.11. The Balaban J connectivity index is 1.56. The van der Waals surface area contributed by atoms with Crippen molar-refractivity contribution in [3.05, 3.63) is 70.7 Å². The third kappa shape index (κ3) is 3.61. The van der Waals surface area contributed by atoms with Crippen molar-refractivity contribution >= 4 is 22.6 Å². The standard InChI is InChI=1S/C23H23N5O2/c1-13-7-6-8-19(15(13)3)30-20-10-9-17(12-24-20)26-23(29)18-11-14(2)25-22-21(18)16(4)27-28(22)5/h6-12H,1-5H3,(H,26,29). The number of rotatable bonds is 4. The first-order valence-corrected chi connectivity index (χ1v) is 9.66. The van der Waals surface area contributed by atoms with E-state index in [0.717, 1.165) is 33.7 Å². The first kappa shape index (κ1) is 19.6. The van der Waals surface area contributed by atoms with E-state index in [0.29, 0.717) is 22.8 Å². The summed E-state index contributed by atoms with van der Waals surface area (Å²) in [7, 11) is 1.82. The number of amides is 1. The summed E-state index contributed by atoms with van der Waals surface area (Å²) in [6.07, 6.45) is 1.58. The van der Waals surface area contributed by atoms with Crippen LogP contribution in [0.3, 0.4) is 0 Å². The van der Waals surface area contributed by atoms with Gasteiger partial charge in [0.2, 0.25) is 5.88 Å². The molecule has 152 valence electrons. The average Bonchev–Trinajstić information content (AvgIpc) is 2.99. The average molecular weight is 401 g/mol. The predicted octanol–water partition coefficient (Wildman–Crippen LogP) is 4.64. The number of carbonyl (C=O) groups is 1. The molecule has 4 rings (SSSR count). The topological polar surface area (TPSA) is 81.9 Å². The zero-order chi connectivity index (χ0) is 21.4. The lowest BCUT2D eigenvalue weighted by atomic mass is 10.1. The molecule has 0 unspecified atom stereocenters. The molecule has 0 aliphatic heterocycles. The molecule has 30 heavy (non-hydrogen) atoms. The highest BCUT2D eigenvalue weighted by atomic mass is 16.5. The van der Waals surface area contributed by atoms with Gasteiger partial charge in [-0.3, -0.25) is 9.48 Å². The minimum Gasteiger partial charge on any atom is -0.439 e. The number of hydrogen-bond donors (Lipinski definition) is 1. The molecular formula is C23H23N5O2. The Morgan fingerprint density at radius 2 is 1.90 bits per heavy atom. The van der Waals surface area contributed by atoms with Gasteiger partial charge in [-0.1, -0.05) is 12.1 Å². The van der Waals surface area contributed by atoms with Crippen LogP contribution in [-0.2, 0) is 7.05 Å². The van der Waals surface area contributed by atoms with Crippen molar-refractivity contribution in [2.45, 2.75) is 27.7 Å². The Labute approximate surface area is 174 Å². The first-order valence-electron chi connectivity index (χ1n) is 9.66. The molecule has 1 amide bonds. The van der Waals surface area contributed by atoms with Crippen LogP contribution in [0.1, 0.15) is 32.9 Å². The molecule has 7 nitrogen and oxygen atoms in total. The van der Waals surface area contributed by atoms with Gasteiger partial charge in [0.1, 0.15) is 5.75 Å². The number of aryl methyl sites for hydroxylation is 4. The van der Waals surface area contributed by atoms with E-state index in [9.17, 15) is 4.79 Å². The molecule has 0 radical (unpaired) electrons. The molecule has 0 spiro atoms. The number of ether oxygens (including phenoxy) is 1. The summed E-state index contributed by atoms with van der Waals surface area (Å²) in [6, 6.07) is 11.2. The number of hydrogen-bond acceptors (Lipinski definition) is 5.